The highest BCUT2D eigenvalue weighted by Crippen LogP contribution is 2.27. The number of nitrogens with one attached hydrogen (secondary N) is 1. The summed E-state index contributed by atoms with van der Waals surface area (Å²) in [7, 11) is 0. The maximum absolute atomic E-state index is 4.52. The molecule has 0 saturated carbocycles. The summed E-state index contributed by atoms with van der Waals surface area (Å²) in [5, 5.41) is 8.23. The van der Waals surface area contributed by atoms with E-state index in [0.717, 1.165) is 24.0 Å². The Hall–Kier alpha value is -0.350. The van der Waals surface area contributed by atoms with Crippen LogP contribution in [0.5, 0.6) is 0 Å². The standard InChI is InChI=1S/C17H32BrN3/c1-4-7-8-9-10-11-16(19-12-5-2)17-15(18)14-20-21(17)13-6-3/h14,16,19H,4-13H2,1-3H3. The fourth-order valence-electron chi connectivity index (χ4n) is 2.71. The third-order valence-corrected chi connectivity index (χ3v) is 4.45. The highest BCUT2D eigenvalue weighted by Gasteiger charge is 2.19. The molecule has 0 aromatic carbocycles. The van der Waals surface area contributed by atoms with Gasteiger partial charge < -0.3 is 5.32 Å². The maximum Gasteiger partial charge on any atom is 0.0695 e. The lowest BCUT2D eigenvalue weighted by Crippen LogP contribution is -2.25. The first kappa shape index (κ1) is 18.7. The summed E-state index contributed by atoms with van der Waals surface area (Å²) < 4.78 is 3.32. The van der Waals surface area contributed by atoms with Gasteiger partial charge in [0.1, 0.15) is 0 Å². The second kappa shape index (κ2) is 11.2. The molecule has 0 radical (unpaired) electrons. The Kier molecular flexibility index (Phi) is 10.0. The van der Waals surface area contributed by atoms with E-state index in [2.05, 4.69) is 51.8 Å². The summed E-state index contributed by atoms with van der Waals surface area (Å²) in [5.41, 5.74) is 1.33. The fraction of sp³-hybridized carbons (Fsp3) is 0.824. The van der Waals surface area contributed by atoms with E-state index in [9.17, 15) is 0 Å². The lowest BCUT2D eigenvalue weighted by molar-refractivity contribution is 0.428. The number of halogens is 1. The Morgan fingerprint density at radius 1 is 1.10 bits per heavy atom. The second-order valence-electron chi connectivity index (χ2n) is 5.81. The highest BCUT2D eigenvalue weighted by molar-refractivity contribution is 9.10. The highest BCUT2D eigenvalue weighted by atomic mass is 79.9. The van der Waals surface area contributed by atoms with Crippen molar-refractivity contribution in [1.29, 1.82) is 0 Å². The van der Waals surface area contributed by atoms with Crippen molar-refractivity contribution in [3.05, 3.63) is 16.4 Å². The SMILES string of the molecule is CCCCCCCC(NCCC)c1c(Br)cnn1CCC. The van der Waals surface area contributed by atoms with Gasteiger partial charge in [-0.15, -0.1) is 0 Å². The van der Waals surface area contributed by atoms with Crippen LogP contribution < -0.4 is 5.32 Å². The summed E-state index contributed by atoms with van der Waals surface area (Å²) >= 11 is 3.69. The van der Waals surface area contributed by atoms with Gasteiger partial charge in [-0.3, -0.25) is 4.68 Å². The Balaban J connectivity index is 2.65. The van der Waals surface area contributed by atoms with E-state index in [1.165, 1.54) is 50.6 Å². The molecule has 1 unspecified atom stereocenters. The van der Waals surface area contributed by atoms with Gasteiger partial charge in [0.25, 0.3) is 0 Å². The predicted molar refractivity (Wildman–Crippen MR) is 94.6 cm³/mol. The van der Waals surface area contributed by atoms with E-state index in [0.29, 0.717) is 6.04 Å². The molecule has 4 heteroatoms. The van der Waals surface area contributed by atoms with Crippen molar-refractivity contribution in [2.45, 2.75) is 84.7 Å². The smallest absolute Gasteiger partial charge is 0.0695 e. The normalized spacial score (nSPS) is 12.8. The number of hydrogen-bond donors (Lipinski definition) is 1. The summed E-state index contributed by atoms with van der Waals surface area (Å²) in [6.07, 6.45) is 12.1. The van der Waals surface area contributed by atoms with Gasteiger partial charge in [0.2, 0.25) is 0 Å². The number of rotatable bonds is 12. The first-order valence-electron chi connectivity index (χ1n) is 8.69. The van der Waals surface area contributed by atoms with Gasteiger partial charge in [-0.25, -0.2) is 0 Å². The largest absolute Gasteiger partial charge is 0.309 e. The number of unbranched alkanes of at least 4 members (excludes halogenated alkanes) is 4. The molecule has 0 saturated heterocycles. The van der Waals surface area contributed by atoms with Gasteiger partial charge in [0.05, 0.1) is 22.4 Å². The molecule has 1 aromatic heterocycles. The van der Waals surface area contributed by atoms with Crippen LogP contribution in [-0.4, -0.2) is 16.3 Å². The van der Waals surface area contributed by atoms with Gasteiger partial charge in [0.15, 0.2) is 0 Å². The van der Waals surface area contributed by atoms with Crippen LogP contribution >= 0.6 is 15.9 Å². The van der Waals surface area contributed by atoms with Crippen LogP contribution in [0.3, 0.4) is 0 Å². The molecule has 1 N–H and O–H groups in total. The molecule has 0 spiro atoms. The maximum atomic E-state index is 4.52. The Morgan fingerprint density at radius 3 is 2.52 bits per heavy atom. The van der Waals surface area contributed by atoms with Gasteiger partial charge in [-0.05, 0) is 41.7 Å². The molecule has 0 fully saturated rings. The third-order valence-electron chi connectivity index (χ3n) is 3.84. The van der Waals surface area contributed by atoms with Crippen LogP contribution in [0.2, 0.25) is 0 Å². The predicted octanol–water partition coefficient (Wildman–Crippen LogP) is 5.46. The minimum absolute atomic E-state index is 0.426. The minimum Gasteiger partial charge on any atom is -0.309 e. The average molecular weight is 358 g/mol. The van der Waals surface area contributed by atoms with E-state index >= 15 is 0 Å². The van der Waals surface area contributed by atoms with E-state index < -0.39 is 0 Å². The quantitative estimate of drug-likeness (QED) is 0.503. The topological polar surface area (TPSA) is 29.9 Å². The fourth-order valence-corrected chi connectivity index (χ4v) is 3.29. The average Bonchev–Trinajstić information content (AvgIpc) is 2.84. The molecular formula is C17H32BrN3. The molecule has 122 valence electrons. The van der Waals surface area contributed by atoms with Gasteiger partial charge in [0, 0.05) is 6.54 Å². The van der Waals surface area contributed by atoms with Crippen LogP contribution in [0, 0.1) is 0 Å². The Bertz CT molecular complexity index is 376. The molecule has 1 atom stereocenters. The zero-order valence-electron chi connectivity index (χ0n) is 14.0. The van der Waals surface area contributed by atoms with Crippen LogP contribution in [-0.2, 0) is 6.54 Å². The van der Waals surface area contributed by atoms with Crippen LogP contribution in [0.1, 0.15) is 83.9 Å². The van der Waals surface area contributed by atoms with E-state index in [1.807, 2.05) is 6.20 Å². The van der Waals surface area contributed by atoms with E-state index in [-0.39, 0.29) is 0 Å². The molecular weight excluding hydrogens is 326 g/mol. The monoisotopic (exact) mass is 357 g/mol. The zero-order valence-corrected chi connectivity index (χ0v) is 15.6. The van der Waals surface area contributed by atoms with Crippen LogP contribution in [0.4, 0.5) is 0 Å². The third kappa shape index (κ3) is 6.52. The van der Waals surface area contributed by atoms with Crippen LogP contribution in [0.15, 0.2) is 10.7 Å². The molecule has 0 aliphatic carbocycles. The number of aromatic nitrogens is 2. The Labute approximate surface area is 139 Å². The first-order valence-corrected chi connectivity index (χ1v) is 9.48. The van der Waals surface area contributed by atoms with Crippen LogP contribution in [0.25, 0.3) is 0 Å². The van der Waals surface area contributed by atoms with E-state index in [1.54, 1.807) is 0 Å². The number of aryl methyl sites for hydroxylation is 1. The molecule has 0 amide bonds. The molecule has 21 heavy (non-hydrogen) atoms. The molecule has 3 nitrogen and oxygen atoms in total. The van der Waals surface area contributed by atoms with Gasteiger partial charge in [-0.1, -0.05) is 52.9 Å². The molecule has 1 rings (SSSR count). The van der Waals surface area contributed by atoms with Gasteiger partial charge in [-0.2, -0.15) is 5.10 Å². The molecule has 1 aromatic rings. The lowest BCUT2D eigenvalue weighted by Gasteiger charge is -2.21. The van der Waals surface area contributed by atoms with Crippen molar-refractivity contribution in [2.75, 3.05) is 6.54 Å². The van der Waals surface area contributed by atoms with Gasteiger partial charge >= 0.3 is 0 Å². The van der Waals surface area contributed by atoms with Crippen molar-refractivity contribution < 1.29 is 0 Å². The molecule has 0 bridgehead atoms. The number of hydrogen-bond acceptors (Lipinski definition) is 2. The Morgan fingerprint density at radius 2 is 1.86 bits per heavy atom. The van der Waals surface area contributed by atoms with Crippen molar-refractivity contribution >= 4 is 15.9 Å². The van der Waals surface area contributed by atoms with Crippen molar-refractivity contribution in [1.82, 2.24) is 15.1 Å². The van der Waals surface area contributed by atoms with Crippen molar-refractivity contribution in [2.24, 2.45) is 0 Å². The summed E-state index contributed by atoms with van der Waals surface area (Å²) in [4.78, 5) is 0. The second-order valence-corrected chi connectivity index (χ2v) is 6.66. The van der Waals surface area contributed by atoms with Crippen molar-refractivity contribution in [3.63, 3.8) is 0 Å². The summed E-state index contributed by atoms with van der Waals surface area (Å²) in [6.45, 7) is 8.78. The molecule has 0 aliphatic rings. The number of nitrogens with zero attached hydrogens (tertiary/aromatic N) is 2. The lowest BCUT2D eigenvalue weighted by atomic mass is 10.0. The van der Waals surface area contributed by atoms with E-state index in [4.69, 9.17) is 0 Å². The van der Waals surface area contributed by atoms with Crippen molar-refractivity contribution in [3.8, 4) is 0 Å². The zero-order chi connectivity index (χ0) is 15.5. The molecule has 0 aliphatic heterocycles. The summed E-state index contributed by atoms with van der Waals surface area (Å²) in [6, 6.07) is 0.426. The summed E-state index contributed by atoms with van der Waals surface area (Å²) in [5.74, 6) is 0. The minimum atomic E-state index is 0.426. The molecule has 1 heterocycles. The first-order chi connectivity index (χ1) is 10.2.